The van der Waals surface area contributed by atoms with Crippen molar-refractivity contribution in [3.63, 3.8) is 0 Å². The molecule has 0 aromatic heterocycles. The molecule has 3 aromatic rings. The molecule has 0 amide bonds. The van der Waals surface area contributed by atoms with Gasteiger partial charge in [0.2, 0.25) is 0 Å². The van der Waals surface area contributed by atoms with Crippen molar-refractivity contribution < 1.29 is 18.1 Å². The molecule has 0 heterocycles. The number of aromatic hydroxyl groups is 1. The lowest BCUT2D eigenvalue weighted by Crippen LogP contribution is -1.98. The number of azo groups is 1. The van der Waals surface area contributed by atoms with Gasteiger partial charge in [-0.3, -0.25) is 4.55 Å². The van der Waals surface area contributed by atoms with E-state index in [2.05, 4.69) is 10.2 Å². The summed E-state index contributed by atoms with van der Waals surface area (Å²) in [7, 11) is -4.51. The van der Waals surface area contributed by atoms with E-state index in [0.29, 0.717) is 12.2 Å². The predicted molar refractivity (Wildman–Crippen MR) is 98.3 cm³/mol. The Bertz CT molecular complexity index is 1110. The fraction of sp³-hybridized carbons (Fsp3) is 0.0588. The van der Waals surface area contributed by atoms with Crippen LogP contribution in [0.15, 0.2) is 63.7 Å². The zero-order valence-corrected chi connectivity index (χ0v) is 14.3. The van der Waals surface area contributed by atoms with Crippen molar-refractivity contribution in [1.29, 1.82) is 0 Å². The molecule has 134 valence electrons. The van der Waals surface area contributed by atoms with Gasteiger partial charge in [-0.2, -0.15) is 13.5 Å². The zero-order valence-electron chi connectivity index (χ0n) is 13.5. The maximum absolute atomic E-state index is 11.4. The second-order valence-electron chi connectivity index (χ2n) is 5.58. The van der Waals surface area contributed by atoms with E-state index in [9.17, 15) is 18.1 Å². The number of phenols is 1. The van der Waals surface area contributed by atoms with Crippen LogP contribution in [0.4, 0.5) is 17.1 Å². The van der Waals surface area contributed by atoms with Crippen molar-refractivity contribution in [2.75, 3.05) is 5.73 Å². The normalized spacial score (nSPS) is 12.1. The van der Waals surface area contributed by atoms with Crippen LogP contribution < -0.4 is 11.5 Å². The third kappa shape index (κ3) is 3.49. The number of nitrogens with two attached hydrogens (primary N) is 2. The van der Waals surface area contributed by atoms with E-state index in [1.165, 1.54) is 12.1 Å². The number of nitrogens with zero attached hydrogens (tertiary/aromatic N) is 2. The maximum atomic E-state index is 11.4. The molecule has 26 heavy (non-hydrogen) atoms. The third-order valence-corrected chi connectivity index (χ3v) is 4.65. The first-order valence-electron chi connectivity index (χ1n) is 7.53. The summed E-state index contributed by atoms with van der Waals surface area (Å²) < 4.78 is 32.1. The highest BCUT2D eigenvalue weighted by atomic mass is 32.2. The smallest absolute Gasteiger partial charge is 0.294 e. The molecule has 0 aliphatic carbocycles. The van der Waals surface area contributed by atoms with Crippen LogP contribution in [0.1, 0.15) is 5.56 Å². The van der Waals surface area contributed by atoms with Crippen LogP contribution in [0.5, 0.6) is 5.75 Å². The molecule has 3 rings (SSSR count). The number of hydrogen-bond donors (Lipinski definition) is 4. The third-order valence-electron chi connectivity index (χ3n) is 3.82. The Morgan fingerprint density at radius 2 is 1.69 bits per heavy atom. The maximum Gasteiger partial charge on any atom is 0.294 e. The van der Waals surface area contributed by atoms with Crippen LogP contribution >= 0.6 is 0 Å². The average Bonchev–Trinajstić information content (AvgIpc) is 2.60. The molecule has 3 aromatic carbocycles. The van der Waals surface area contributed by atoms with E-state index < -0.39 is 15.0 Å². The first kappa shape index (κ1) is 17.8. The van der Waals surface area contributed by atoms with Gasteiger partial charge in [-0.15, -0.1) is 5.11 Å². The Hall–Kier alpha value is -3.01. The minimum absolute atomic E-state index is 0.229. The van der Waals surface area contributed by atoms with Crippen LogP contribution in [-0.2, 0) is 16.7 Å². The number of phenolic OH excluding ortho intramolecular Hbond substituents is 1. The standard InChI is InChI=1S/C17H16N4O4S/c18-9-10-1-3-11(4-2-10)20-21-15-6-5-14(19)17-13(15)7-12(8-16(17)22)26(23,24)25/h1-8,22H,9,18-19H2,(H,23,24,25). The second-order valence-corrected chi connectivity index (χ2v) is 7.01. The van der Waals surface area contributed by atoms with E-state index >= 15 is 0 Å². The van der Waals surface area contributed by atoms with Gasteiger partial charge >= 0.3 is 0 Å². The van der Waals surface area contributed by atoms with Gasteiger partial charge in [0.05, 0.1) is 16.3 Å². The first-order valence-corrected chi connectivity index (χ1v) is 8.97. The molecule has 9 heteroatoms. The molecular formula is C17H16N4O4S. The van der Waals surface area contributed by atoms with Crippen LogP contribution in [0.3, 0.4) is 0 Å². The number of fused-ring (bicyclic) bond motifs is 1. The quantitative estimate of drug-likeness (QED) is 0.313. The first-order chi connectivity index (χ1) is 12.3. The highest BCUT2D eigenvalue weighted by Crippen LogP contribution is 2.38. The number of anilines is 1. The summed E-state index contributed by atoms with van der Waals surface area (Å²) in [6, 6.07) is 12.3. The summed E-state index contributed by atoms with van der Waals surface area (Å²) in [5.41, 5.74) is 13.5. The molecule has 0 aliphatic heterocycles. The van der Waals surface area contributed by atoms with Gasteiger partial charge in [-0.1, -0.05) is 12.1 Å². The minimum atomic E-state index is -4.51. The van der Waals surface area contributed by atoms with Crippen LogP contribution in [0.25, 0.3) is 10.8 Å². The molecule has 0 saturated carbocycles. The van der Waals surface area contributed by atoms with Gasteiger partial charge in [0, 0.05) is 29.1 Å². The van der Waals surface area contributed by atoms with Crippen LogP contribution in [0.2, 0.25) is 0 Å². The van der Waals surface area contributed by atoms with Gasteiger partial charge in [0.25, 0.3) is 10.1 Å². The Morgan fingerprint density at radius 1 is 1.00 bits per heavy atom. The monoisotopic (exact) mass is 372 g/mol. The molecule has 0 radical (unpaired) electrons. The number of benzene rings is 3. The van der Waals surface area contributed by atoms with Crippen molar-refractivity contribution in [2.24, 2.45) is 16.0 Å². The minimum Gasteiger partial charge on any atom is -0.507 e. The molecule has 0 saturated heterocycles. The molecular weight excluding hydrogens is 356 g/mol. The lowest BCUT2D eigenvalue weighted by Gasteiger charge is -2.09. The van der Waals surface area contributed by atoms with E-state index in [0.717, 1.165) is 11.6 Å². The SMILES string of the molecule is NCc1ccc(N=Nc2ccc(N)c3c(O)cc(S(=O)(=O)O)cc23)cc1. The van der Waals surface area contributed by atoms with E-state index in [-0.39, 0.29) is 27.9 Å². The topological polar surface area (TPSA) is 151 Å². The molecule has 0 unspecified atom stereocenters. The van der Waals surface area contributed by atoms with Gasteiger partial charge in [0.1, 0.15) is 5.75 Å². The molecule has 0 spiro atoms. The summed E-state index contributed by atoms with van der Waals surface area (Å²) in [4.78, 5) is -0.461. The van der Waals surface area contributed by atoms with Gasteiger partial charge < -0.3 is 16.6 Å². The molecule has 0 aliphatic rings. The molecule has 0 atom stereocenters. The number of hydrogen-bond acceptors (Lipinski definition) is 7. The average molecular weight is 372 g/mol. The lowest BCUT2D eigenvalue weighted by atomic mass is 10.1. The number of nitrogen functional groups attached to an aromatic ring is 1. The molecule has 0 fully saturated rings. The molecule has 6 N–H and O–H groups in total. The lowest BCUT2D eigenvalue weighted by molar-refractivity contribution is 0.471. The second kappa shape index (κ2) is 6.71. The number of rotatable bonds is 4. The Morgan fingerprint density at radius 3 is 2.31 bits per heavy atom. The van der Waals surface area contributed by atoms with Crippen molar-refractivity contribution in [2.45, 2.75) is 11.4 Å². The highest BCUT2D eigenvalue weighted by Gasteiger charge is 2.16. The zero-order chi connectivity index (χ0) is 18.9. The molecule has 8 nitrogen and oxygen atoms in total. The van der Waals surface area contributed by atoms with Crippen molar-refractivity contribution >= 4 is 38.0 Å². The predicted octanol–water partition coefficient (Wildman–Crippen LogP) is 3.25. The summed E-state index contributed by atoms with van der Waals surface area (Å²) in [6.07, 6.45) is 0. The van der Waals surface area contributed by atoms with Crippen LogP contribution in [-0.4, -0.2) is 18.1 Å². The van der Waals surface area contributed by atoms with E-state index in [1.54, 1.807) is 18.2 Å². The van der Waals surface area contributed by atoms with Crippen molar-refractivity contribution in [3.8, 4) is 5.75 Å². The van der Waals surface area contributed by atoms with E-state index in [1.807, 2.05) is 12.1 Å². The highest BCUT2D eigenvalue weighted by molar-refractivity contribution is 7.85. The van der Waals surface area contributed by atoms with Crippen molar-refractivity contribution in [1.82, 2.24) is 0 Å². The Labute approximate surface area is 149 Å². The van der Waals surface area contributed by atoms with Gasteiger partial charge in [0.15, 0.2) is 0 Å². The van der Waals surface area contributed by atoms with Gasteiger partial charge in [-0.25, -0.2) is 0 Å². The van der Waals surface area contributed by atoms with Crippen LogP contribution in [0, 0.1) is 0 Å². The fourth-order valence-corrected chi connectivity index (χ4v) is 3.02. The van der Waals surface area contributed by atoms with Crippen molar-refractivity contribution in [3.05, 3.63) is 54.1 Å². The Balaban J connectivity index is 2.14. The Kier molecular flexibility index (Phi) is 4.60. The fourth-order valence-electron chi connectivity index (χ4n) is 2.49. The summed E-state index contributed by atoms with van der Waals surface area (Å²) in [6.45, 7) is 0.414. The van der Waals surface area contributed by atoms with Gasteiger partial charge in [-0.05, 0) is 35.9 Å². The van der Waals surface area contributed by atoms with E-state index in [4.69, 9.17) is 11.5 Å². The summed E-state index contributed by atoms with van der Waals surface area (Å²) in [5, 5.41) is 18.8. The largest absolute Gasteiger partial charge is 0.507 e. The molecule has 0 bridgehead atoms. The summed E-state index contributed by atoms with van der Waals surface area (Å²) in [5.74, 6) is -0.378. The summed E-state index contributed by atoms with van der Waals surface area (Å²) >= 11 is 0.